The lowest BCUT2D eigenvalue weighted by Gasteiger charge is -2.57. The maximum absolute atomic E-state index is 11.7. The molecule has 6 atom stereocenters. The van der Waals surface area contributed by atoms with Crippen molar-refractivity contribution in [2.24, 2.45) is 29.1 Å². The molecule has 1 aliphatic heterocycles. The molecule has 4 fully saturated rings. The maximum atomic E-state index is 11.7. The molecule has 1 heterocycles. The maximum Gasteiger partial charge on any atom is 0.220 e. The molecule has 4 rings (SSSR count). The van der Waals surface area contributed by atoms with Crippen LogP contribution >= 0.6 is 0 Å². The van der Waals surface area contributed by atoms with Gasteiger partial charge in [0.15, 0.2) is 0 Å². The molecule has 0 bridgehead atoms. The number of carbonyl (C=O) groups excluding carboxylic acids is 1. The fraction of sp³-hybridized carbons (Fsp3) is 0.941. The first kappa shape index (κ1) is 12.2. The molecule has 0 aromatic heterocycles. The second-order valence-corrected chi connectivity index (χ2v) is 7.91. The summed E-state index contributed by atoms with van der Waals surface area (Å²) in [7, 11) is 0. The van der Waals surface area contributed by atoms with E-state index in [2.05, 4.69) is 12.2 Å². The number of amides is 1. The summed E-state index contributed by atoms with van der Waals surface area (Å²) in [4.78, 5) is 11.7. The number of rotatable bonds is 0. The highest BCUT2D eigenvalue weighted by atomic mass is 16.1. The molecule has 0 aromatic carbocycles. The van der Waals surface area contributed by atoms with Crippen LogP contribution in [0, 0.1) is 29.1 Å². The second kappa shape index (κ2) is 4.23. The molecular formula is C17H27NO. The summed E-state index contributed by atoms with van der Waals surface area (Å²) in [5.41, 5.74) is 0.407. The van der Waals surface area contributed by atoms with Crippen LogP contribution in [0.4, 0.5) is 0 Å². The van der Waals surface area contributed by atoms with Crippen LogP contribution in [0.15, 0.2) is 0 Å². The van der Waals surface area contributed by atoms with Gasteiger partial charge in [0.1, 0.15) is 0 Å². The lowest BCUT2D eigenvalue weighted by molar-refractivity contribution is -0.133. The Morgan fingerprint density at radius 3 is 2.84 bits per heavy atom. The SMILES string of the molecule is CC12CCC(=O)N[C@@H]1CCC1C3CCCC3CCC12. The Bertz CT molecular complexity index is 393. The number of hydrogen-bond donors (Lipinski definition) is 1. The third kappa shape index (κ3) is 1.71. The van der Waals surface area contributed by atoms with Gasteiger partial charge in [0.2, 0.25) is 5.91 Å². The molecule has 3 saturated carbocycles. The lowest BCUT2D eigenvalue weighted by Crippen LogP contribution is -2.59. The Morgan fingerprint density at radius 2 is 1.95 bits per heavy atom. The van der Waals surface area contributed by atoms with Crippen molar-refractivity contribution in [3.05, 3.63) is 0 Å². The molecule has 2 nitrogen and oxygen atoms in total. The quantitative estimate of drug-likeness (QED) is 0.710. The van der Waals surface area contributed by atoms with Gasteiger partial charge in [-0.2, -0.15) is 0 Å². The van der Waals surface area contributed by atoms with E-state index >= 15 is 0 Å². The Kier molecular flexibility index (Phi) is 2.72. The van der Waals surface area contributed by atoms with Crippen LogP contribution in [0.3, 0.4) is 0 Å². The highest BCUT2D eigenvalue weighted by molar-refractivity contribution is 5.77. The van der Waals surface area contributed by atoms with Gasteiger partial charge in [-0.25, -0.2) is 0 Å². The number of piperidine rings is 1. The first-order valence-corrected chi connectivity index (χ1v) is 8.48. The number of hydrogen-bond acceptors (Lipinski definition) is 1. The van der Waals surface area contributed by atoms with E-state index in [1.54, 1.807) is 0 Å². The van der Waals surface area contributed by atoms with Crippen molar-refractivity contribution < 1.29 is 4.79 Å². The van der Waals surface area contributed by atoms with E-state index in [0.29, 0.717) is 17.4 Å². The number of nitrogens with one attached hydrogen (secondary N) is 1. The summed E-state index contributed by atoms with van der Waals surface area (Å²) in [6.07, 6.45) is 11.9. The van der Waals surface area contributed by atoms with Crippen LogP contribution in [0.1, 0.15) is 64.7 Å². The molecular weight excluding hydrogens is 234 g/mol. The highest BCUT2D eigenvalue weighted by Gasteiger charge is 2.55. The van der Waals surface area contributed by atoms with Crippen molar-refractivity contribution >= 4 is 5.91 Å². The molecule has 106 valence electrons. The first-order valence-electron chi connectivity index (χ1n) is 8.48. The molecule has 1 amide bonds. The normalized spacial score (nSPS) is 52.9. The Morgan fingerprint density at radius 1 is 1.05 bits per heavy atom. The molecule has 0 spiro atoms. The Hall–Kier alpha value is -0.530. The van der Waals surface area contributed by atoms with Gasteiger partial charge in [-0.1, -0.05) is 19.8 Å². The van der Waals surface area contributed by atoms with Crippen molar-refractivity contribution in [2.75, 3.05) is 0 Å². The minimum absolute atomic E-state index is 0.301. The summed E-state index contributed by atoms with van der Waals surface area (Å²) < 4.78 is 0. The third-order valence-corrected chi connectivity index (χ3v) is 7.29. The zero-order valence-corrected chi connectivity index (χ0v) is 12.2. The molecule has 3 aliphatic carbocycles. The smallest absolute Gasteiger partial charge is 0.220 e. The predicted molar refractivity (Wildman–Crippen MR) is 75.6 cm³/mol. The molecule has 1 N–H and O–H groups in total. The molecule has 5 unspecified atom stereocenters. The van der Waals surface area contributed by atoms with Gasteiger partial charge in [-0.3, -0.25) is 4.79 Å². The molecule has 1 saturated heterocycles. The van der Waals surface area contributed by atoms with E-state index in [-0.39, 0.29) is 0 Å². The summed E-state index contributed by atoms with van der Waals surface area (Å²) in [5.74, 6) is 4.27. The van der Waals surface area contributed by atoms with Crippen LogP contribution in [0.2, 0.25) is 0 Å². The van der Waals surface area contributed by atoms with Crippen molar-refractivity contribution in [2.45, 2.75) is 70.8 Å². The Labute approximate surface area is 116 Å². The van der Waals surface area contributed by atoms with Gasteiger partial charge >= 0.3 is 0 Å². The molecule has 0 aromatic rings. The lowest BCUT2D eigenvalue weighted by atomic mass is 9.50. The summed E-state index contributed by atoms with van der Waals surface area (Å²) in [5, 5.41) is 3.31. The Balaban J connectivity index is 1.62. The standard InChI is InChI=1S/C17H27NO/c1-17-10-9-16(19)18-15(17)8-6-13-12-4-2-3-11(12)5-7-14(13)17/h11-15H,2-10H2,1H3,(H,18,19)/t11?,12?,13?,14?,15-,17?/m1/s1. The van der Waals surface area contributed by atoms with Crippen molar-refractivity contribution in [3.8, 4) is 0 Å². The number of fused-ring (bicyclic) bond motifs is 5. The van der Waals surface area contributed by atoms with Gasteiger partial charge < -0.3 is 5.32 Å². The van der Waals surface area contributed by atoms with Crippen LogP contribution in [0.25, 0.3) is 0 Å². The average molecular weight is 261 g/mol. The van der Waals surface area contributed by atoms with E-state index in [0.717, 1.165) is 36.5 Å². The van der Waals surface area contributed by atoms with Crippen molar-refractivity contribution in [1.82, 2.24) is 5.32 Å². The van der Waals surface area contributed by atoms with Gasteiger partial charge in [-0.05, 0) is 67.6 Å². The van der Waals surface area contributed by atoms with Crippen LogP contribution in [-0.4, -0.2) is 11.9 Å². The van der Waals surface area contributed by atoms with Crippen molar-refractivity contribution in [1.29, 1.82) is 0 Å². The number of carbonyl (C=O) groups is 1. The summed E-state index contributed by atoms with van der Waals surface area (Å²) in [6, 6.07) is 0.480. The highest BCUT2D eigenvalue weighted by Crippen LogP contribution is 2.59. The predicted octanol–water partition coefficient (Wildman–Crippen LogP) is 3.51. The van der Waals surface area contributed by atoms with Crippen LogP contribution in [-0.2, 0) is 4.79 Å². The van der Waals surface area contributed by atoms with E-state index in [4.69, 9.17) is 0 Å². The first-order chi connectivity index (χ1) is 9.18. The fourth-order valence-corrected chi connectivity index (χ4v) is 6.32. The summed E-state index contributed by atoms with van der Waals surface area (Å²) >= 11 is 0. The van der Waals surface area contributed by atoms with Crippen LogP contribution < -0.4 is 5.32 Å². The summed E-state index contributed by atoms with van der Waals surface area (Å²) in [6.45, 7) is 2.49. The minimum Gasteiger partial charge on any atom is -0.353 e. The zero-order chi connectivity index (χ0) is 13.0. The van der Waals surface area contributed by atoms with Crippen LogP contribution in [0.5, 0.6) is 0 Å². The monoisotopic (exact) mass is 261 g/mol. The van der Waals surface area contributed by atoms with E-state index in [1.807, 2.05) is 0 Å². The van der Waals surface area contributed by atoms with E-state index in [9.17, 15) is 4.79 Å². The fourth-order valence-electron chi connectivity index (χ4n) is 6.32. The van der Waals surface area contributed by atoms with Gasteiger partial charge in [0.25, 0.3) is 0 Å². The average Bonchev–Trinajstić information content (AvgIpc) is 2.88. The molecule has 0 radical (unpaired) electrons. The van der Waals surface area contributed by atoms with Gasteiger partial charge in [0.05, 0.1) is 0 Å². The van der Waals surface area contributed by atoms with Gasteiger partial charge in [0, 0.05) is 12.5 Å². The van der Waals surface area contributed by atoms with E-state index < -0.39 is 0 Å². The third-order valence-electron chi connectivity index (χ3n) is 7.29. The molecule has 19 heavy (non-hydrogen) atoms. The van der Waals surface area contributed by atoms with Crippen molar-refractivity contribution in [3.63, 3.8) is 0 Å². The largest absolute Gasteiger partial charge is 0.353 e. The minimum atomic E-state index is 0.301. The van der Waals surface area contributed by atoms with E-state index in [1.165, 1.54) is 44.9 Å². The topological polar surface area (TPSA) is 29.1 Å². The molecule has 4 aliphatic rings. The van der Waals surface area contributed by atoms with Gasteiger partial charge in [-0.15, -0.1) is 0 Å². The second-order valence-electron chi connectivity index (χ2n) is 7.91. The molecule has 2 heteroatoms. The zero-order valence-electron chi connectivity index (χ0n) is 12.2.